The molecular formula is C18H20N4O2S2. The summed E-state index contributed by atoms with van der Waals surface area (Å²) in [6, 6.07) is 10.9. The molecule has 1 N–H and O–H groups in total. The molecule has 0 saturated heterocycles. The van der Waals surface area contributed by atoms with Gasteiger partial charge in [0.25, 0.3) is 10.0 Å². The number of nitrogens with one attached hydrogen (secondary N) is 1. The van der Waals surface area contributed by atoms with Gasteiger partial charge >= 0.3 is 0 Å². The Hall–Kier alpha value is -2.45. The molecule has 136 valence electrons. The van der Waals surface area contributed by atoms with Crippen LogP contribution in [0.3, 0.4) is 0 Å². The fraction of sp³-hybridized carbons (Fsp3) is 0.222. The Labute approximate surface area is 157 Å². The minimum atomic E-state index is -3.56. The van der Waals surface area contributed by atoms with Crippen molar-refractivity contribution < 1.29 is 8.42 Å². The van der Waals surface area contributed by atoms with E-state index in [2.05, 4.69) is 14.7 Å². The number of aryl methyl sites for hydroxylation is 1. The zero-order valence-electron chi connectivity index (χ0n) is 14.6. The molecule has 0 aliphatic heterocycles. The Balaban J connectivity index is 1.62. The molecule has 0 saturated carbocycles. The van der Waals surface area contributed by atoms with Gasteiger partial charge in [-0.2, -0.15) is 0 Å². The van der Waals surface area contributed by atoms with Crippen LogP contribution in [-0.4, -0.2) is 32.0 Å². The summed E-state index contributed by atoms with van der Waals surface area (Å²) in [5.41, 5.74) is 1.66. The number of aromatic nitrogens is 2. The van der Waals surface area contributed by atoms with Gasteiger partial charge in [0.1, 0.15) is 10.0 Å². The first-order valence-corrected chi connectivity index (χ1v) is 10.4. The van der Waals surface area contributed by atoms with Gasteiger partial charge < -0.3 is 4.90 Å². The highest BCUT2D eigenvalue weighted by molar-refractivity contribution is 7.94. The van der Waals surface area contributed by atoms with Crippen LogP contribution in [0, 0.1) is 6.92 Å². The van der Waals surface area contributed by atoms with Gasteiger partial charge in [-0.3, -0.25) is 9.71 Å². The average Bonchev–Trinajstić information content (AvgIpc) is 3.08. The topological polar surface area (TPSA) is 75.2 Å². The molecule has 6 nitrogen and oxygen atoms in total. The maximum absolute atomic E-state index is 12.3. The van der Waals surface area contributed by atoms with Gasteiger partial charge in [-0.05, 0) is 55.3 Å². The quantitative estimate of drug-likeness (QED) is 0.672. The molecule has 3 aromatic rings. The predicted octanol–water partition coefficient (Wildman–Crippen LogP) is 3.33. The molecule has 0 bridgehead atoms. The van der Waals surface area contributed by atoms with E-state index in [4.69, 9.17) is 0 Å². The highest BCUT2D eigenvalue weighted by Gasteiger charge is 2.16. The van der Waals surface area contributed by atoms with Crippen LogP contribution in [0.25, 0.3) is 0 Å². The molecule has 3 aromatic heterocycles. The maximum Gasteiger partial charge on any atom is 0.271 e. The first kappa shape index (κ1) is 18.3. The standard InChI is InChI=1S/C18H20N4O2S2/c1-14-3-6-18(25-14)26(23,24)21-16-4-5-17(20-13-16)22(2)12-9-15-7-10-19-11-8-15/h3-8,10-11,13,21H,9,12H2,1-2H3. The summed E-state index contributed by atoms with van der Waals surface area (Å²) < 4.78 is 27.6. The van der Waals surface area contributed by atoms with E-state index in [1.165, 1.54) is 23.1 Å². The molecule has 0 aromatic carbocycles. The Morgan fingerprint density at radius 1 is 1.12 bits per heavy atom. The van der Waals surface area contributed by atoms with E-state index in [0.29, 0.717) is 9.90 Å². The molecule has 0 aliphatic rings. The summed E-state index contributed by atoms with van der Waals surface area (Å²) in [4.78, 5) is 11.4. The highest BCUT2D eigenvalue weighted by Crippen LogP contribution is 2.23. The van der Waals surface area contributed by atoms with Crippen molar-refractivity contribution in [3.05, 3.63) is 65.4 Å². The normalized spacial score (nSPS) is 11.3. The van der Waals surface area contributed by atoms with Crippen molar-refractivity contribution >= 4 is 32.9 Å². The molecule has 8 heteroatoms. The van der Waals surface area contributed by atoms with Crippen LogP contribution < -0.4 is 9.62 Å². The van der Waals surface area contributed by atoms with Crippen molar-refractivity contribution in [1.29, 1.82) is 0 Å². The van der Waals surface area contributed by atoms with Gasteiger partial charge in [-0.25, -0.2) is 13.4 Å². The third-order valence-electron chi connectivity index (χ3n) is 3.86. The number of anilines is 2. The van der Waals surface area contributed by atoms with E-state index < -0.39 is 10.0 Å². The molecule has 0 spiro atoms. The van der Waals surface area contributed by atoms with E-state index >= 15 is 0 Å². The van der Waals surface area contributed by atoms with E-state index in [1.807, 2.05) is 37.1 Å². The van der Waals surface area contributed by atoms with Crippen molar-refractivity contribution in [3.8, 4) is 0 Å². The molecule has 0 fully saturated rings. The predicted molar refractivity (Wildman–Crippen MR) is 105 cm³/mol. The SMILES string of the molecule is Cc1ccc(S(=O)(=O)Nc2ccc(N(C)CCc3ccncc3)nc2)s1. The second-order valence-electron chi connectivity index (χ2n) is 5.90. The van der Waals surface area contributed by atoms with Gasteiger partial charge in [0.05, 0.1) is 11.9 Å². The fourth-order valence-corrected chi connectivity index (χ4v) is 4.72. The van der Waals surface area contributed by atoms with Crippen LogP contribution in [0.4, 0.5) is 11.5 Å². The van der Waals surface area contributed by atoms with Crippen LogP contribution in [0.15, 0.2) is 59.2 Å². The monoisotopic (exact) mass is 388 g/mol. The number of hydrogen-bond acceptors (Lipinski definition) is 6. The van der Waals surface area contributed by atoms with E-state index in [0.717, 1.165) is 23.7 Å². The first-order chi connectivity index (χ1) is 12.4. The molecule has 0 aliphatic carbocycles. The zero-order valence-corrected chi connectivity index (χ0v) is 16.2. The summed E-state index contributed by atoms with van der Waals surface area (Å²) >= 11 is 1.24. The van der Waals surface area contributed by atoms with Gasteiger partial charge in [0.15, 0.2) is 0 Å². The lowest BCUT2D eigenvalue weighted by atomic mass is 10.2. The molecular weight excluding hydrogens is 368 g/mol. The maximum atomic E-state index is 12.3. The smallest absolute Gasteiger partial charge is 0.271 e. The third kappa shape index (κ3) is 4.59. The lowest BCUT2D eigenvalue weighted by Gasteiger charge is -2.18. The summed E-state index contributed by atoms with van der Waals surface area (Å²) in [6.07, 6.45) is 5.98. The molecule has 3 rings (SSSR count). The van der Waals surface area contributed by atoms with Gasteiger partial charge in [0.2, 0.25) is 0 Å². The zero-order chi connectivity index (χ0) is 18.6. The number of nitrogens with zero attached hydrogens (tertiary/aromatic N) is 3. The molecule has 0 amide bonds. The summed E-state index contributed by atoms with van der Waals surface area (Å²) in [5, 5.41) is 0. The Kier molecular flexibility index (Phi) is 5.53. The van der Waals surface area contributed by atoms with Crippen LogP contribution >= 0.6 is 11.3 Å². The molecule has 26 heavy (non-hydrogen) atoms. The van der Waals surface area contributed by atoms with E-state index in [9.17, 15) is 8.42 Å². The highest BCUT2D eigenvalue weighted by atomic mass is 32.2. The number of hydrogen-bond donors (Lipinski definition) is 1. The third-order valence-corrected chi connectivity index (χ3v) is 6.73. The van der Waals surface area contributed by atoms with Crippen molar-refractivity contribution in [1.82, 2.24) is 9.97 Å². The van der Waals surface area contributed by atoms with Crippen LogP contribution in [-0.2, 0) is 16.4 Å². The van der Waals surface area contributed by atoms with Crippen molar-refractivity contribution in [2.45, 2.75) is 17.6 Å². The minimum Gasteiger partial charge on any atom is -0.359 e. The van der Waals surface area contributed by atoms with E-state index in [-0.39, 0.29) is 0 Å². The number of pyridine rings is 2. The second-order valence-corrected chi connectivity index (χ2v) is 9.10. The van der Waals surface area contributed by atoms with Crippen molar-refractivity contribution in [2.75, 3.05) is 23.2 Å². The number of thiophene rings is 1. The molecule has 0 unspecified atom stereocenters. The van der Waals surface area contributed by atoms with Crippen LogP contribution in [0.2, 0.25) is 0 Å². The van der Waals surface area contributed by atoms with Crippen LogP contribution in [0.5, 0.6) is 0 Å². The number of rotatable bonds is 7. The Bertz CT molecular complexity index is 954. The van der Waals surface area contributed by atoms with E-state index in [1.54, 1.807) is 30.6 Å². The molecule has 3 heterocycles. The van der Waals surface area contributed by atoms with Gasteiger partial charge in [-0.1, -0.05) is 0 Å². The lowest BCUT2D eigenvalue weighted by molar-refractivity contribution is 0.603. The van der Waals surface area contributed by atoms with Crippen molar-refractivity contribution in [3.63, 3.8) is 0 Å². The lowest BCUT2D eigenvalue weighted by Crippen LogP contribution is -2.21. The summed E-state index contributed by atoms with van der Waals surface area (Å²) in [6.45, 7) is 2.68. The summed E-state index contributed by atoms with van der Waals surface area (Å²) in [5.74, 6) is 0.786. The first-order valence-electron chi connectivity index (χ1n) is 8.09. The fourth-order valence-electron chi connectivity index (χ4n) is 2.40. The Morgan fingerprint density at radius 3 is 2.50 bits per heavy atom. The van der Waals surface area contributed by atoms with Gasteiger partial charge in [0, 0.05) is 30.9 Å². The van der Waals surface area contributed by atoms with Gasteiger partial charge in [-0.15, -0.1) is 11.3 Å². The molecule has 0 atom stereocenters. The average molecular weight is 389 g/mol. The van der Waals surface area contributed by atoms with Crippen molar-refractivity contribution in [2.24, 2.45) is 0 Å². The van der Waals surface area contributed by atoms with Crippen LogP contribution in [0.1, 0.15) is 10.4 Å². The number of sulfonamides is 1. The Morgan fingerprint density at radius 2 is 1.88 bits per heavy atom. The molecule has 0 radical (unpaired) electrons. The number of likely N-dealkylation sites (N-methyl/N-ethyl adjacent to an activating group) is 1. The largest absolute Gasteiger partial charge is 0.359 e. The minimum absolute atomic E-state index is 0.300. The summed E-state index contributed by atoms with van der Waals surface area (Å²) in [7, 11) is -1.60. The second kappa shape index (κ2) is 7.84.